The van der Waals surface area contributed by atoms with Gasteiger partial charge in [-0.25, -0.2) is 18.2 Å². The third-order valence-electron chi connectivity index (χ3n) is 2.52. The number of hydrogen-bond donors (Lipinski definition) is 0. The standard InChI is InChI=1S/C11H7ClF3N/c1-4-5(2)16-11-8(9(4)12)6(13)3-7(14)10(11)15/h3H,1-2H3. The van der Waals surface area contributed by atoms with Gasteiger partial charge in [0.05, 0.1) is 10.4 Å². The normalized spacial score (nSPS) is 11.1. The molecular weight excluding hydrogens is 239 g/mol. The summed E-state index contributed by atoms with van der Waals surface area (Å²) in [7, 11) is 0. The van der Waals surface area contributed by atoms with E-state index >= 15 is 0 Å². The fourth-order valence-corrected chi connectivity index (χ4v) is 1.81. The first kappa shape index (κ1) is 11.2. The van der Waals surface area contributed by atoms with Crippen LogP contribution in [0.3, 0.4) is 0 Å². The smallest absolute Gasteiger partial charge is 0.185 e. The molecule has 0 radical (unpaired) electrons. The maximum absolute atomic E-state index is 13.5. The molecule has 1 heterocycles. The van der Waals surface area contributed by atoms with Gasteiger partial charge >= 0.3 is 0 Å². The predicted molar refractivity (Wildman–Crippen MR) is 56.1 cm³/mol. The van der Waals surface area contributed by atoms with Gasteiger partial charge in [0.25, 0.3) is 0 Å². The van der Waals surface area contributed by atoms with Crippen LogP contribution in [0.5, 0.6) is 0 Å². The second kappa shape index (κ2) is 3.63. The van der Waals surface area contributed by atoms with Crippen LogP contribution >= 0.6 is 11.6 Å². The average molecular weight is 246 g/mol. The van der Waals surface area contributed by atoms with Gasteiger partial charge in [-0.3, -0.25) is 0 Å². The zero-order valence-corrected chi connectivity index (χ0v) is 9.29. The summed E-state index contributed by atoms with van der Waals surface area (Å²) >= 11 is 5.89. The van der Waals surface area contributed by atoms with E-state index in [-0.39, 0.29) is 15.9 Å². The van der Waals surface area contributed by atoms with E-state index in [0.29, 0.717) is 17.3 Å². The minimum absolute atomic E-state index is 0.0684. The molecule has 0 fully saturated rings. The molecule has 1 nitrogen and oxygen atoms in total. The summed E-state index contributed by atoms with van der Waals surface area (Å²) in [6.45, 7) is 3.24. The second-order valence-electron chi connectivity index (χ2n) is 3.51. The Morgan fingerprint density at radius 3 is 2.38 bits per heavy atom. The quantitative estimate of drug-likeness (QED) is 0.641. The van der Waals surface area contributed by atoms with Gasteiger partial charge in [0.2, 0.25) is 0 Å². The van der Waals surface area contributed by atoms with Crippen molar-refractivity contribution in [2.24, 2.45) is 0 Å². The van der Waals surface area contributed by atoms with Gasteiger partial charge in [-0.2, -0.15) is 0 Å². The molecule has 2 aromatic rings. The topological polar surface area (TPSA) is 12.9 Å². The van der Waals surface area contributed by atoms with Crippen LogP contribution in [0.2, 0.25) is 5.02 Å². The minimum atomic E-state index is -1.27. The van der Waals surface area contributed by atoms with Crippen molar-refractivity contribution in [1.82, 2.24) is 4.98 Å². The lowest BCUT2D eigenvalue weighted by Crippen LogP contribution is -1.98. The molecule has 1 aromatic carbocycles. The Hall–Kier alpha value is -1.29. The fourth-order valence-electron chi connectivity index (χ4n) is 1.49. The Morgan fingerprint density at radius 2 is 1.75 bits per heavy atom. The number of fused-ring (bicyclic) bond motifs is 1. The predicted octanol–water partition coefficient (Wildman–Crippen LogP) is 3.92. The van der Waals surface area contributed by atoms with Crippen LogP contribution in [0, 0.1) is 31.3 Å². The molecular formula is C11H7ClF3N. The van der Waals surface area contributed by atoms with E-state index in [1.165, 1.54) is 0 Å². The summed E-state index contributed by atoms with van der Waals surface area (Å²) in [4.78, 5) is 3.82. The van der Waals surface area contributed by atoms with Gasteiger partial charge in [0.1, 0.15) is 11.3 Å². The van der Waals surface area contributed by atoms with Crippen molar-refractivity contribution in [3.05, 3.63) is 39.8 Å². The molecule has 0 atom stereocenters. The van der Waals surface area contributed by atoms with Crippen molar-refractivity contribution in [3.63, 3.8) is 0 Å². The molecule has 0 amide bonds. The summed E-state index contributed by atoms with van der Waals surface area (Å²) in [6, 6.07) is 0.472. The number of nitrogens with zero attached hydrogens (tertiary/aromatic N) is 1. The second-order valence-corrected chi connectivity index (χ2v) is 3.89. The first-order valence-electron chi connectivity index (χ1n) is 4.53. The van der Waals surface area contributed by atoms with Gasteiger partial charge < -0.3 is 0 Å². The fraction of sp³-hybridized carbons (Fsp3) is 0.182. The van der Waals surface area contributed by atoms with E-state index in [0.717, 1.165) is 0 Å². The molecule has 0 aliphatic carbocycles. The third kappa shape index (κ3) is 1.45. The average Bonchev–Trinajstić information content (AvgIpc) is 2.22. The van der Waals surface area contributed by atoms with Crippen LogP contribution in [-0.4, -0.2) is 4.98 Å². The van der Waals surface area contributed by atoms with Gasteiger partial charge in [-0.05, 0) is 19.4 Å². The van der Waals surface area contributed by atoms with Gasteiger partial charge in [0.15, 0.2) is 11.6 Å². The van der Waals surface area contributed by atoms with Crippen molar-refractivity contribution in [2.45, 2.75) is 13.8 Å². The molecule has 0 aliphatic heterocycles. The highest BCUT2D eigenvalue weighted by Crippen LogP contribution is 2.31. The maximum Gasteiger partial charge on any atom is 0.185 e. The zero-order chi connectivity index (χ0) is 12.0. The largest absolute Gasteiger partial charge is 0.249 e. The van der Waals surface area contributed by atoms with Crippen molar-refractivity contribution < 1.29 is 13.2 Å². The zero-order valence-electron chi connectivity index (χ0n) is 8.54. The van der Waals surface area contributed by atoms with Crippen molar-refractivity contribution in [3.8, 4) is 0 Å². The van der Waals surface area contributed by atoms with Crippen LogP contribution in [0.25, 0.3) is 10.9 Å². The highest BCUT2D eigenvalue weighted by molar-refractivity contribution is 6.36. The molecule has 2 rings (SSSR count). The molecule has 0 N–H and O–H groups in total. The van der Waals surface area contributed by atoms with Crippen molar-refractivity contribution in [2.75, 3.05) is 0 Å². The number of rotatable bonds is 0. The number of benzene rings is 1. The van der Waals surface area contributed by atoms with Gasteiger partial charge in [0, 0.05) is 11.8 Å². The van der Waals surface area contributed by atoms with Crippen LogP contribution < -0.4 is 0 Å². The lowest BCUT2D eigenvalue weighted by atomic mass is 10.1. The monoisotopic (exact) mass is 245 g/mol. The van der Waals surface area contributed by atoms with E-state index in [1.807, 2.05) is 0 Å². The van der Waals surface area contributed by atoms with Crippen molar-refractivity contribution >= 4 is 22.5 Å². The molecule has 0 saturated carbocycles. The molecule has 84 valence electrons. The van der Waals surface area contributed by atoms with Crippen molar-refractivity contribution in [1.29, 1.82) is 0 Å². The summed E-state index contributed by atoms with van der Waals surface area (Å²) in [5.74, 6) is -3.35. The molecule has 0 bridgehead atoms. The number of aromatic nitrogens is 1. The summed E-state index contributed by atoms with van der Waals surface area (Å²) in [6.07, 6.45) is 0. The Bertz CT molecular complexity index is 596. The van der Waals surface area contributed by atoms with Crippen LogP contribution in [-0.2, 0) is 0 Å². The lowest BCUT2D eigenvalue weighted by Gasteiger charge is -2.08. The Morgan fingerprint density at radius 1 is 1.12 bits per heavy atom. The Kier molecular flexibility index (Phi) is 2.54. The first-order valence-corrected chi connectivity index (χ1v) is 4.91. The van der Waals surface area contributed by atoms with E-state index in [1.54, 1.807) is 13.8 Å². The number of halogens is 4. The lowest BCUT2D eigenvalue weighted by molar-refractivity contribution is 0.504. The Labute approximate surface area is 94.9 Å². The van der Waals surface area contributed by atoms with Crippen LogP contribution in [0.1, 0.15) is 11.3 Å². The molecule has 0 aliphatic rings. The minimum Gasteiger partial charge on any atom is -0.249 e. The molecule has 1 aromatic heterocycles. The van der Waals surface area contributed by atoms with E-state index < -0.39 is 17.5 Å². The van der Waals surface area contributed by atoms with Crippen LogP contribution in [0.15, 0.2) is 6.07 Å². The van der Waals surface area contributed by atoms with Crippen LogP contribution in [0.4, 0.5) is 13.2 Å². The molecule has 16 heavy (non-hydrogen) atoms. The Balaban J connectivity index is 3.07. The summed E-state index contributed by atoms with van der Waals surface area (Å²) in [5, 5.41) is -0.109. The number of aryl methyl sites for hydroxylation is 1. The van der Waals surface area contributed by atoms with E-state index in [4.69, 9.17) is 11.6 Å². The van der Waals surface area contributed by atoms with E-state index in [2.05, 4.69) is 4.98 Å². The maximum atomic E-state index is 13.5. The van der Waals surface area contributed by atoms with Gasteiger partial charge in [-0.15, -0.1) is 0 Å². The molecule has 0 spiro atoms. The first-order chi connectivity index (χ1) is 7.43. The SMILES string of the molecule is Cc1nc2c(F)c(F)cc(F)c2c(Cl)c1C. The molecule has 5 heteroatoms. The molecule has 0 saturated heterocycles. The summed E-state index contributed by atoms with van der Waals surface area (Å²) < 4.78 is 39.9. The number of pyridine rings is 1. The molecule has 0 unspecified atom stereocenters. The third-order valence-corrected chi connectivity index (χ3v) is 2.99. The summed E-state index contributed by atoms with van der Waals surface area (Å²) in [5.41, 5.74) is 0.631. The number of hydrogen-bond acceptors (Lipinski definition) is 1. The van der Waals surface area contributed by atoms with Gasteiger partial charge in [-0.1, -0.05) is 11.6 Å². The highest BCUT2D eigenvalue weighted by atomic mass is 35.5. The highest BCUT2D eigenvalue weighted by Gasteiger charge is 2.18. The van der Waals surface area contributed by atoms with E-state index in [9.17, 15) is 13.2 Å².